The average molecular weight is 522 g/mol. The molecule has 10 heteroatoms. The summed E-state index contributed by atoms with van der Waals surface area (Å²) in [6.45, 7) is 3.37. The molecule has 192 valence electrons. The fourth-order valence-corrected chi connectivity index (χ4v) is 4.69. The van der Waals surface area contributed by atoms with E-state index < -0.39 is 18.2 Å². The molecule has 1 aromatic heterocycles. The lowest BCUT2D eigenvalue weighted by Crippen LogP contribution is -2.35. The number of nitrogens with one attached hydrogen (secondary N) is 2. The zero-order valence-corrected chi connectivity index (χ0v) is 20.5. The summed E-state index contributed by atoms with van der Waals surface area (Å²) in [4.78, 5) is 29.6. The first-order valence-corrected chi connectivity index (χ1v) is 12.2. The van der Waals surface area contributed by atoms with Crippen LogP contribution in [-0.2, 0) is 16.0 Å². The third-order valence-corrected chi connectivity index (χ3v) is 6.54. The van der Waals surface area contributed by atoms with Crippen molar-refractivity contribution in [2.24, 2.45) is 0 Å². The molecule has 0 aliphatic carbocycles. The third kappa shape index (κ3) is 6.02. The van der Waals surface area contributed by atoms with Crippen LogP contribution in [0.4, 0.5) is 13.2 Å². The normalized spacial score (nSPS) is 15.8. The number of hydrogen-bond donors (Lipinski definition) is 2. The molecule has 6 nitrogen and oxygen atoms in total. The summed E-state index contributed by atoms with van der Waals surface area (Å²) in [5.41, 5.74) is 2.72. The van der Waals surface area contributed by atoms with E-state index in [1.165, 1.54) is 6.07 Å². The van der Waals surface area contributed by atoms with Gasteiger partial charge in [-0.2, -0.15) is 13.2 Å². The number of alkyl halides is 3. The fraction of sp³-hybridized carbons (Fsp3) is 0.385. The predicted molar refractivity (Wildman–Crippen MR) is 131 cm³/mol. The van der Waals surface area contributed by atoms with Crippen LogP contribution in [0, 0.1) is 0 Å². The van der Waals surface area contributed by atoms with Crippen LogP contribution >= 0.6 is 11.6 Å². The molecule has 3 aromatic rings. The number of H-pyrrole nitrogens is 1. The molecular formula is C26H27ClF3N3O3. The second kappa shape index (κ2) is 10.9. The Labute approximate surface area is 211 Å². The second-order valence-corrected chi connectivity index (χ2v) is 9.44. The smallest absolute Gasteiger partial charge is 0.449 e. The van der Waals surface area contributed by atoms with Crippen LogP contribution < -0.4 is 5.32 Å². The molecule has 2 N–H and O–H groups in total. The molecule has 1 aliphatic rings. The zero-order valence-electron chi connectivity index (χ0n) is 19.7. The molecule has 2 atom stereocenters. The van der Waals surface area contributed by atoms with E-state index in [-0.39, 0.29) is 18.5 Å². The number of ether oxygens (including phenoxy) is 1. The molecule has 0 bridgehead atoms. The van der Waals surface area contributed by atoms with Gasteiger partial charge >= 0.3 is 12.1 Å². The van der Waals surface area contributed by atoms with Gasteiger partial charge in [-0.1, -0.05) is 35.9 Å². The van der Waals surface area contributed by atoms with Crippen molar-refractivity contribution in [1.29, 1.82) is 0 Å². The molecule has 1 aliphatic heterocycles. The first-order valence-electron chi connectivity index (χ1n) is 11.8. The maximum absolute atomic E-state index is 12.9. The van der Waals surface area contributed by atoms with E-state index in [4.69, 9.17) is 16.3 Å². The topological polar surface area (TPSA) is 74.4 Å². The number of para-hydroxylation sites is 1. The Balaban J connectivity index is 1.46. The largest absolute Gasteiger partial charge is 0.490 e. The SMILES string of the molecule is C[C@H](Cc1c[nH]c2c(C(=O)N3CCCC3)cccc12)NC[C@H](OC(=O)C(F)(F)F)c1cccc(Cl)c1. The minimum Gasteiger partial charge on any atom is -0.449 e. The molecule has 0 radical (unpaired) electrons. The van der Waals surface area contributed by atoms with Crippen LogP contribution in [0.25, 0.3) is 10.9 Å². The Morgan fingerprint density at radius 1 is 1.17 bits per heavy atom. The number of hydrogen-bond acceptors (Lipinski definition) is 4. The minimum atomic E-state index is -5.10. The number of halogens is 4. The van der Waals surface area contributed by atoms with Crippen LogP contribution in [0.15, 0.2) is 48.7 Å². The predicted octanol–water partition coefficient (Wildman–Crippen LogP) is 5.42. The highest BCUT2D eigenvalue weighted by atomic mass is 35.5. The van der Waals surface area contributed by atoms with Crippen molar-refractivity contribution in [3.8, 4) is 0 Å². The van der Waals surface area contributed by atoms with Crippen LogP contribution in [-0.4, -0.2) is 53.6 Å². The molecule has 1 fully saturated rings. The number of rotatable bonds is 8. The van der Waals surface area contributed by atoms with Gasteiger partial charge in [0.2, 0.25) is 0 Å². The van der Waals surface area contributed by atoms with Crippen LogP contribution in [0.2, 0.25) is 5.02 Å². The van der Waals surface area contributed by atoms with E-state index in [1.807, 2.05) is 36.2 Å². The lowest BCUT2D eigenvalue weighted by atomic mass is 10.0. The summed E-state index contributed by atoms with van der Waals surface area (Å²) in [6.07, 6.45) is -1.87. The molecule has 2 heterocycles. The monoisotopic (exact) mass is 521 g/mol. The Kier molecular flexibility index (Phi) is 7.90. The van der Waals surface area contributed by atoms with Crippen molar-refractivity contribution in [3.63, 3.8) is 0 Å². The van der Waals surface area contributed by atoms with Crippen molar-refractivity contribution in [2.45, 2.75) is 44.5 Å². The van der Waals surface area contributed by atoms with Gasteiger partial charge in [0, 0.05) is 42.3 Å². The summed E-state index contributed by atoms with van der Waals surface area (Å²) in [5.74, 6) is -2.25. The number of benzene rings is 2. The number of aromatic amines is 1. The maximum Gasteiger partial charge on any atom is 0.490 e. The molecule has 0 spiro atoms. The van der Waals surface area contributed by atoms with Gasteiger partial charge in [-0.25, -0.2) is 4.79 Å². The number of fused-ring (bicyclic) bond motifs is 1. The van der Waals surface area contributed by atoms with Gasteiger partial charge in [0.1, 0.15) is 6.10 Å². The Morgan fingerprint density at radius 3 is 2.58 bits per heavy atom. The fourth-order valence-electron chi connectivity index (χ4n) is 4.49. The summed E-state index contributed by atoms with van der Waals surface area (Å²) >= 11 is 5.99. The first kappa shape index (κ1) is 26.0. The van der Waals surface area contributed by atoms with Gasteiger partial charge in [-0.3, -0.25) is 4.79 Å². The lowest BCUT2D eigenvalue weighted by Gasteiger charge is -2.22. The molecule has 36 heavy (non-hydrogen) atoms. The van der Waals surface area contributed by atoms with E-state index >= 15 is 0 Å². The average Bonchev–Trinajstić information content (AvgIpc) is 3.51. The van der Waals surface area contributed by atoms with Crippen LogP contribution in [0.1, 0.15) is 47.4 Å². The number of esters is 1. The maximum atomic E-state index is 12.9. The number of amides is 1. The number of likely N-dealkylation sites (tertiary alicyclic amines) is 1. The highest BCUT2D eigenvalue weighted by Gasteiger charge is 2.42. The lowest BCUT2D eigenvalue weighted by molar-refractivity contribution is -0.205. The second-order valence-electron chi connectivity index (χ2n) is 9.00. The highest BCUT2D eigenvalue weighted by Crippen LogP contribution is 2.27. The Morgan fingerprint density at radius 2 is 1.89 bits per heavy atom. The molecular weight excluding hydrogens is 495 g/mol. The summed E-state index contributed by atoms with van der Waals surface area (Å²) in [6, 6.07) is 11.6. The number of nitrogens with zero attached hydrogens (tertiary/aromatic N) is 1. The number of carbonyl (C=O) groups excluding carboxylic acids is 2. The van der Waals surface area contributed by atoms with Crippen molar-refractivity contribution in [2.75, 3.05) is 19.6 Å². The van der Waals surface area contributed by atoms with Gasteiger partial charge in [0.25, 0.3) is 5.91 Å². The molecule has 0 saturated carbocycles. The van der Waals surface area contributed by atoms with Crippen molar-refractivity contribution in [3.05, 3.63) is 70.4 Å². The van der Waals surface area contributed by atoms with Gasteiger partial charge in [-0.05, 0) is 55.5 Å². The van der Waals surface area contributed by atoms with Gasteiger partial charge < -0.3 is 19.9 Å². The van der Waals surface area contributed by atoms with E-state index in [0.29, 0.717) is 22.6 Å². The van der Waals surface area contributed by atoms with Crippen molar-refractivity contribution in [1.82, 2.24) is 15.2 Å². The van der Waals surface area contributed by atoms with Gasteiger partial charge in [0.05, 0.1) is 11.1 Å². The van der Waals surface area contributed by atoms with Gasteiger partial charge in [-0.15, -0.1) is 0 Å². The standard InChI is InChI=1S/C26H27ClF3N3O3/c1-16(31-15-22(36-25(35)26(28,29)30)17-6-4-7-19(27)13-17)12-18-14-32-23-20(18)8-5-9-21(23)24(34)33-10-2-3-11-33/h4-9,13-14,16,22,31-32H,2-3,10-12,15H2,1H3/t16-,22+/m1/s1. The summed E-state index contributed by atoms with van der Waals surface area (Å²) < 4.78 is 43.3. The Bertz CT molecular complexity index is 1240. The number of aromatic nitrogens is 1. The van der Waals surface area contributed by atoms with E-state index in [1.54, 1.807) is 18.2 Å². The van der Waals surface area contributed by atoms with Crippen LogP contribution in [0.3, 0.4) is 0 Å². The first-order chi connectivity index (χ1) is 17.1. The quantitative estimate of drug-likeness (QED) is 0.388. The Hall–Kier alpha value is -3.04. The zero-order chi connectivity index (χ0) is 25.9. The molecule has 2 aromatic carbocycles. The van der Waals surface area contributed by atoms with E-state index in [9.17, 15) is 22.8 Å². The number of carbonyl (C=O) groups is 2. The highest BCUT2D eigenvalue weighted by molar-refractivity contribution is 6.30. The van der Waals surface area contributed by atoms with E-state index in [2.05, 4.69) is 10.3 Å². The van der Waals surface area contributed by atoms with Crippen molar-refractivity contribution >= 4 is 34.4 Å². The van der Waals surface area contributed by atoms with E-state index in [0.717, 1.165) is 42.4 Å². The molecule has 1 saturated heterocycles. The summed E-state index contributed by atoms with van der Waals surface area (Å²) in [7, 11) is 0. The van der Waals surface area contributed by atoms with Crippen LogP contribution in [0.5, 0.6) is 0 Å². The van der Waals surface area contributed by atoms with Gasteiger partial charge in [0.15, 0.2) is 0 Å². The molecule has 1 amide bonds. The minimum absolute atomic E-state index is 0.00789. The summed E-state index contributed by atoms with van der Waals surface area (Å²) in [5, 5.41) is 4.41. The third-order valence-electron chi connectivity index (χ3n) is 6.30. The molecule has 0 unspecified atom stereocenters. The molecule has 4 rings (SSSR count). The van der Waals surface area contributed by atoms with Crippen molar-refractivity contribution < 1.29 is 27.5 Å².